The van der Waals surface area contributed by atoms with Crippen LogP contribution < -0.4 is 37.2 Å². The standard InChI is InChI=1S/3C12H27P.3ClH.Rh/c3*1-4-7-10-13(11-8-5-2)12-9-6-3;;;;/h3*4-12H2,1-3H3;3*1H;/q;;;;;;+3/p-3. The van der Waals surface area contributed by atoms with Gasteiger partial charge in [0, 0.05) is 0 Å². The summed E-state index contributed by atoms with van der Waals surface area (Å²) in [6.45, 7) is 20.8. The smallest absolute Gasteiger partial charge is 1.00 e. The first-order valence-corrected chi connectivity index (χ1v) is 23.9. The molecule has 7 heteroatoms. The van der Waals surface area contributed by atoms with Crippen LogP contribution in [-0.4, -0.2) is 55.5 Å². The summed E-state index contributed by atoms with van der Waals surface area (Å²) in [5.41, 5.74) is 0. The van der Waals surface area contributed by atoms with Crippen LogP contribution >= 0.6 is 23.8 Å². The molecule has 0 heterocycles. The topological polar surface area (TPSA) is 0 Å². The Morgan fingerprint density at radius 1 is 0.233 bits per heavy atom. The van der Waals surface area contributed by atoms with Gasteiger partial charge in [0.25, 0.3) is 0 Å². The summed E-state index contributed by atoms with van der Waals surface area (Å²) in [4.78, 5) is 0. The first kappa shape index (κ1) is 61.0. The van der Waals surface area contributed by atoms with E-state index >= 15 is 0 Å². The molecule has 0 aromatic carbocycles. The minimum atomic E-state index is 0. The van der Waals surface area contributed by atoms with Crippen molar-refractivity contribution in [3.63, 3.8) is 0 Å². The Kier molecular flexibility index (Phi) is 81.0. The van der Waals surface area contributed by atoms with Crippen molar-refractivity contribution in [1.29, 1.82) is 0 Å². The van der Waals surface area contributed by atoms with Gasteiger partial charge < -0.3 is 37.2 Å². The van der Waals surface area contributed by atoms with E-state index in [9.17, 15) is 0 Å². The summed E-state index contributed by atoms with van der Waals surface area (Å²) < 4.78 is 0. The average Bonchev–Trinajstić information content (AvgIpc) is 2.96. The van der Waals surface area contributed by atoms with Crippen molar-refractivity contribution in [2.24, 2.45) is 0 Å². The van der Waals surface area contributed by atoms with Crippen LogP contribution in [0.15, 0.2) is 0 Å². The van der Waals surface area contributed by atoms with Crippen LogP contribution in [-0.2, 0) is 19.5 Å². The van der Waals surface area contributed by atoms with Gasteiger partial charge in [0.2, 0.25) is 0 Å². The van der Waals surface area contributed by atoms with E-state index < -0.39 is 0 Å². The van der Waals surface area contributed by atoms with E-state index in [4.69, 9.17) is 0 Å². The molecule has 43 heavy (non-hydrogen) atoms. The first-order chi connectivity index (χ1) is 19.0. The Labute approximate surface area is 311 Å². The largest absolute Gasteiger partial charge is 3.00 e. The number of hydrogen-bond acceptors (Lipinski definition) is 0. The maximum absolute atomic E-state index is 2.31. The summed E-state index contributed by atoms with van der Waals surface area (Å²) in [6, 6.07) is 0. The van der Waals surface area contributed by atoms with Crippen LogP contribution in [0.3, 0.4) is 0 Å². The fourth-order valence-electron chi connectivity index (χ4n) is 4.44. The van der Waals surface area contributed by atoms with Gasteiger partial charge in [-0.25, -0.2) is 0 Å². The monoisotopic (exact) mass is 814 g/mol. The fourth-order valence-corrected chi connectivity index (χ4v) is 13.3. The summed E-state index contributed by atoms with van der Waals surface area (Å²) >= 11 is 0. The normalized spacial score (nSPS) is 10.0. The molecule has 0 atom stereocenters. The van der Waals surface area contributed by atoms with Crippen LogP contribution in [0.25, 0.3) is 0 Å². The van der Waals surface area contributed by atoms with Crippen LogP contribution in [0.1, 0.15) is 178 Å². The Hall–Kier alpha value is 2.78. The van der Waals surface area contributed by atoms with Gasteiger partial charge in [-0.1, -0.05) is 120 Å². The summed E-state index contributed by atoms with van der Waals surface area (Å²) in [5.74, 6) is 0. The molecular formula is C36H81Cl3P3Rh. The number of unbranched alkanes of at least 4 members (excludes halogenated alkanes) is 9. The average molecular weight is 816 g/mol. The SMILES string of the molecule is CCCCP(CCCC)CCCC.CCCCP(CCCC)CCCC.CCCCP(CCCC)CCCC.[Cl-].[Cl-].[Cl-].[Rh+3]. The third-order valence-corrected chi connectivity index (χ3v) is 16.0. The van der Waals surface area contributed by atoms with E-state index in [-0.39, 0.29) is 56.7 Å². The second-order valence-corrected chi connectivity index (χ2v) is 19.8. The molecule has 0 saturated carbocycles. The quantitative estimate of drug-likeness (QED) is 0.0748. The van der Waals surface area contributed by atoms with Gasteiger partial charge in [-0.3, -0.25) is 0 Å². The zero-order valence-electron chi connectivity index (χ0n) is 30.9. The zero-order chi connectivity index (χ0) is 29.8. The fraction of sp³-hybridized carbons (Fsp3) is 1.00. The molecule has 0 fully saturated rings. The molecule has 0 aliphatic rings. The zero-order valence-corrected chi connectivity index (χ0v) is 37.5. The number of rotatable bonds is 27. The molecule has 0 radical (unpaired) electrons. The van der Waals surface area contributed by atoms with Gasteiger partial charge >= 0.3 is 19.5 Å². The first-order valence-electron chi connectivity index (χ1n) is 18.2. The summed E-state index contributed by atoms with van der Waals surface area (Å²) in [5, 5.41) is 0. The molecule has 0 spiro atoms. The molecule has 0 N–H and O–H groups in total. The predicted octanol–water partition coefficient (Wildman–Crippen LogP) is 5.62. The van der Waals surface area contributed by atoms with Crippen molar-refractivity contribution in [3.05, 3.63) is 0 Å². The molecular weight excluding hydrogens is 735 g/mol. The molecule has 270 valence electrons. The van der Waals surface area contributed by atoms with Crippen LogP contribution in [0, 0.1) is 0 Å². The van der Waals surface area contributed by atoms with Crippen molar-refractivity contribution in [2.75, 3.05) is 55.5 Å². The van der Waals surface area contributed by atoms with Crippen molar-refractivity contribution >= 4 is 23.8 Å². The third-order valence-electron chi connectivity index (χ3n) is 7.45. The summed E-state index contributed by atoms with van der Waals surface area (Å²) in [6.07, 6.45) is 39.6. The van der Waals surface area contributed by atoms with Crippen LogP contribution in [0.5, 0.6) is 0 Å². The molecule has 0 nitrogen and oxygen atoms in total. The maximum atomic E-state index is 2.31. The molecule has 0 saturated heterocycles. The summed E-state index contributed by atoms with van der Waals surface area (Å²) in [7, 11) is 1.27. The van der Waals surface area contributed by atoms with Crippen molar-refractivity contribution in [3.8, 4) is 0 Å². The van der Waals surface area contributed by atoms with Crippen molar-refractivity contribution in [2.45, 2.75) is 178 Å². The maximum Gasteiger partial charge on any atom is 3.00 e. The van der Waals surface area contributed by atoms with E-state index in [2.05, 4.69) is 62.3 Å². The molecule has 0 aromatic heterocycles. The van der Waals surface area contributed by atoms with E-state index in [1.807, 2.05) is 0 Å². The van der Waals surface area contributed by atoms with Crippen LogP contribution in [0.4, 0.5) is 0 Å². The van der Waals surface area contributed by atoms with Gasteiger partial charge in [-0.2, -0.15) is 0 Å². The van der Waals surface area contributed by atoms with Crippen molar-refractivity contribution < 1.29 is 56.7 Å². The van der Waals surface area contributed by atoms with Crippen LogP contribution in [0.2, 0.25) is 0 Å². The molecule has 0 aliphatic heterocycles. The van der Waals surface area contributed by atoms with Gasteiger partial charge in [0.05, 0.1) is 0 Å². The number of halogens is 3. The predicted molar refractivity (Wildman–Crippen MR) is 199 cm³/mol. The Balaban J connectivity index is -0.0000000864. The Morgan fingerprint density at radius 3 is 0.395 bits per heavy atom. The molecule has 0 rings (SSSR count). The van der Waals surface area contributed by atoms with Gasteiger partial charge in [0.1, 0.15) is 0 Å². The van der Waals surface area contributed by atoms with E-state index in [1.165, 1.54) is 116 Å². The van der Waals surface area contributed by atoms with Gasteiger partial charge in [0.15, 0.2) is 0 Å². The molecule has 0 bridgehead atoms. The molecule has 0 amide bonds. The molecule has 0 aliphatic carbocycles. The Bertz CT molecular complexity index is 296. The molecule has 0 aromatic rings. The van der Waals surface area contributed by atoms with E-state index in [0.29, 0.717) is 23.8 Å². The minimum Gasteiger partial charge on any atom is -1.00 e. The van der Waals surface area contributed by atoms with Gasteiger partial charge in [-0.05, 0) is 113 Å². The second-order valence-electron chi connectivity index (χ2n) is 11.7. The van der Waals surface area contributed by atoms with E-state index in [1.54, 1.807) is 55.5 Å². The van der Waals surface area contributed by atoms with Gasteiger partial charge in [-0.15, -0.1) is 23.8 Å². The van der Waals surface area contributed by atoms with E-state index in [0.717, 1.165) is 0 Å². The Morgan fingerprint density at radius 2 is 0.326 bits per heavy atom. The molecule has 0 unspecified atom stereocenters. The number of hydrogen-bond donors (Lipinski definition) is 0. The van der Waals surface area contributed by atoms with Crippen molar-refractivity contribution in [1.82, 2.24) is 0 Å². The second kappa shape index (κ2) is 57.1. The third kappa shape index (κ3) is 54.5. The minimum absolute atomic E-state index is 0.